The lowest BCUT2D eigenvalue weighted by molar-refractivity contribution is 0.362. The third-order valence-corrected chi connectivity index (χ3v) is 2.01. The summed E-state index contributed by atoms with van der Waals surface area (Å²) >= 11 is 0. The fourth-order valence-electron chi connectivity index (χ4n) is 1.23. The molecule has 0 fully saturated rings. The first kappa shape index (κ1) is 11.8. The van der Waals surface area contributed by atoms with Gasteiger partial charge in [0.25, 0.3) is 0 Å². The van der Waals surface area contributed by atoms with Gasteiger partial charge in [0.15, 0.2) is 0 Å². The van der Waals surface area contributed by atoms with E-state index in [9.17, 15) is 0 Å². The van der Waals surface area contributed by atoms with Gasteiger partial charge in [-0.1, -0.05) is 31.2 Å². The fraction of sp³-hybridized carbons (Fsp3) is 0.385. The molecule has 0 bridgehead atoms. The molecule has 0 saturated heterocycles. The van der Waals surface area contributed by atoms with Crippen LogP contribution in [0.2, 0.25) is 0 Å². The Labute approximate surface area is 92.0 Å². The Kier molecular flexibility index (Phi) is 5.56. The van der Waals surface area contributed by atoms with Crippen molar-refractivity contribution in [2.45, 2.75) is 13.8 Å². The second-order valence-corrected chi connectivity index (χ2v) is 3.41. The molecule has 2 heteroatoms. The van der Waals surface area contributed by atoms with Crippen molar-refractivity contribution in [2.24, 2.45) is 0 Å². The van der Waals surface area contributed by atoms with Gasteiger partial charge in [0.05, 0.1) is 0 Å². The highest BCUT2D eigenvalue weighted by Crippen LogP contribution is 2.11. The highest BCUT2D eigenvalue weighted by Gasteiger charge is 1.90. The molecule has 0 amide bonds. The first-order valence-electron chi connectivity index (χ1n) is 5.38. The molecule has 0 spiro atoms. The molecular formula is C13H19NO. The Hall–Kier alpha value is -1.28. The molecule has 1 aromatic carbocycles. The number of hydrogen-bond acceptors (Lipinski definition) is 2. The van der Waals surface area contributed by atoms with Gasteiger partial charge in [-0.2, -0.15) is 0 Å². The summed E-state index contributed by atoms with van der Waals surface area (Å²) in [6, 6.07) is 8.09. The lowest BCUT2D eigenvalue weighted by Crippen LogP contribution is -2.11. The summed E-state index contributed by atoms with van der Waals surface area (Å²) in [5.74, 6) is 0.933. The van der Waals surface area contributed by atoms with Crippen LogP contribution in [-0.4, -0.2) is 19.7 Å². The van der Waals surface area contributed by atoms with E-state index < -0.39 is 0 Å². The van der Waals surface area contributed by atoms with Crippen LogP contribution in [0.25, 0.3) is 0 Å². The minimum atomic E-state index is 0.634. The summed E-state index contributed by atoms with van der Waals surface area (Å²) in [7, 11) is 0. The standard InChI is InChI=1S/C13H19NO/c1-3-14-9-4-5-10-15-13-8-6-7-12(2)11-13/h4-8,11,14H,3,9-10H2,1-2H3/b5-4+. The van der Waals surface area contributed by atoms with E-state index in [4.69, 9.17) is 4.74 Å². The summed E-state index contributed by atoms with van der Waals surface area (Å²) in [6.07, 6.45) is 4.12. The third kappa shape index (κ3) is 5.23. The van der Waals surface area contributed by atoms with Gasteiger partial charge in [-0.3, -0.25) is 0 Å². The van der Waals surface area contributed by atoms with Crippen molar-refractivity contribution in [1.82, 2.24) is 5.32 Å². The van der Waals surface area contributed by atoms with Gasteiger partial charge >= 0.3 is 0 Å². The van der Waals surface area contributed by atoms with Crippen LogP contribution < -0.4 is 10.1 Å². The number of rotatable bonds is 6. The van der Waals surface area contributed by atoms with Gasteiger partial charge in [-0.05, 0) is 31.2 Å². The summed E-state index contributed by atoms with van der Waals surface area (Å²) in [5.41, 5.74) is 1.23. The van der Waals surface area contributed by atoms with Crippen LogP contribution in [0, 0.1) is 6.92 Å². The fourth-order valence-corrected chi connectivity index (χ4v) is 1.23. The van der Waals surface area contributed by atoms with Gasteiger partial charge in [0.1, 0.15) is 12.4 Å². The number of ether oxygens (including phenoxy) is 1. The van der Waals surface area contributed by atoms with Gasteiger partial charge in [-0.15, -0.1) is 0 Å². The molecule has 0 aliphatic heterocycles. The molecular weight excluding hydrogens is 186 g/mol. The van der Waals surface area contributed by atoms with Gasteiger partial charge < -0.3 is 10.1 Å². The molecule has 1 rings (SSSR count). The van der Waals surface area contributed by atoms with Gasteiger partial charge in [0.2, 0.25) is 0 Å². The summed E-state index contributed by atoms with van der Waals surface area (Å²) in [6.45, 7) is 6.70. The number of likely N-dealkylation sites (N-methyl/N-ethyl adjacent to an activating group) is 1. The minimum Gasteiger partial charge on any atom is -0.490 e. The normalized spacial score (nSPS) is 10.8. The highest BCUT2D eigenvalue weighted by molar-refractivity contribution is 5.27. The maximum atomic E-state index is 5.55. The topological polar surface area (TPSA) is 21.3 Å². The second-order valence-electron chi connectivity index (χ2n) is 3.41. The van der Waals surface area contributed by atoms with E-state index in [0.29, 0.717) is 6.61 Å². The number of hydrogen-bond donors (Lipinski definition) is 1. The number of aryl methyl sites for hydroxylation is 1. The second kappa shape index (κ2) is 7.07. The molecule has 0 aliphatic carbocycles. The quantitative estimate of drug-likeness (QED) is 0.569. The van der Waals surface area contributed by atoms with E-state index >= 15 is 0 Å². The minimum absolute atomic E-state index is 0.634. The molecule has 0 unspecified atom stereocenters. The van der Waals surface area contributed by atoms with Crippen molar-refractivity contribution in [3.05, 3.63) is 42.0 Å². The molecule has 1 aromatic rings. The molecule has 0 atom stereocenters. The van der Waals surface area contributed by atoms with Crippen molar-refractivity contribution in [1.29, 1.82) is 0 Å². The van der Waals surface area contributed by atoms with Crippen LogP contribution >= 0.6 is 0 Å². The Morgan fingerprint density at radius 3 is 2.93 bits per heavy atom. The zero-order valence-corrected chi connectivity index (χ0v) is 9.49. The molecule has 0 saturated carbocycles. The van der Waals surface area contributed by atoms with Crippen molar-refractivity contribution in [3.63, 3.8) is 0 Å². The van der Waals surface area contributed by atoms with Gasteiger partial charge in [0, 0.05) is 6.54 Å². The number of nitrogens with one attached hydrogen (secondary N) is 1. The highest BCUT2D eigenvalue weighted by atomic mass is 16.5. The first-order valence-corrected chi connectivity index (χ1v) is 5.38. The third-order valence-electron chi connectivity index (χ3n) is 2.01. The van der Waals surface area contributed by atoms with Crippen molar-refractivity contribution in [2.75, 3.05) is 19.7 Å². The smallest absolute Gasteiger partial charge is 0.120 e. The molecule has 0 radical (unpaired) electrons. The maximum absolute atomic E-state index is 5.55. The van der Waals surface area contributed by atoms with Crippen LogP contribution in [0.3, 0.4) is 0 Å². The van der Waals surface area contributed by atoms with E-state index in [2.05, 4.69) is 31.3 Å². The van der Waals surface area contributed by atoms with Crippen LogP contribution in [0.5, 0.6) is 5.75 Å². The molecule has 0 aliphatic rings. The lowest BCUT2D eigenvalue weighted by Gasteiger charge is -2.03. The Morgan fingerprint density at radius 1 is 1.33 bits per heavy atom. The maximum Gasteiger partial charge on any atom is 0.120 e. The van der Waals surface area contributed by atoms with Crippen LogP contribution in [-0.2, 0) is 0 Å². The Balaban J connectivity index is 2.22. The SMILES string of the molecule is CCNC/C=C/COc1cccc(C)c1. The zero-order valence-electron chi connectivity index (χ0n) is 9.49. The van der Waals surface area contributed by atoms with E-state index in [0.717, 1.165) is 18.8 Å². The lowest BCUT2D eigenvalue weighted by atomic mass is 10.2. The molecule has 1 N–H and O–H groups in total. The number of benzene rings is 1. The molecule has 0 aromatic heterocycles. The van der Waals surface area contributed by atoms with Gasteiger partial charge in [-0.25, -0.2) is 0 Å². The average Bonchev–Trinajstić information content (AvgIpc) is 2.23. The summed E-state index contributed by atoms with van der Waals surface area (Å²) in [4.78, 5) is 0. The van der Waals surface area contributed by atoms with Crippen molar-refractivity contribution in [3.8, 4) is 5.75 Å². The first-order chi connectivity index (χ1) is 7.33. The molecule has 82 valence electrons. The predicted octanol–water partition coefficient (Wildman–Crippen LogP) is 2.54. The van der Waals surface area contributed by atoms with E-state index in [1.165, 1.54) is 5.56 Å². The van der Waals surface area contributed by atoms with Crippen LogP contribution in [0.15, 0.2) is 36.4 Å². The van der Waals surface area contributed by atoms with E-state index in [1.54, 1.807) is 0 Å². The van der Waals surface area contributed by atoms with Crippen molar-refractivity contribution >= 4 is 0 Å². The average molecular weight is 205 g/mol. The summed E-state index contributed by atoms with van der Waals surface area (Å²) in [5, 5.41) is 3.21. The molecule has 2 nitrogen and oxygen atoms in total. The van der Waals surface area contributed by atoms with Crippen molar-refractivity contribution < 1.29 is 4.74 Å². The van der Waals surface area contributed by atoms with Crippen LogP contribution in [0.1, 0.15) is 12.5 Å². The molecule has 15 heavy (non-hydrogen) atoms. The summed E-state index contributed by atoms with van der Waals surface area (Å²) < 4.78 is 5.55. The monoisotopic (exact) mass is 205 g/mol. The Morgan fingerprint density at radius 2 is 2.20 bits per heavy atom. The van der Waals surface area contributed by atoms with E-state index in [1.807, 2.05) is 24.3 Å². The predicted molar refractivity (Wildman–Crippen MR) is 64.4 cm³/mol. The van der Waals surface area contributed by atoms with E-state index in [-0.39, 0.29) is 0 Å². The zero-order chi connectivity index (χ0) is 10.9. The Bertz CT molecular complexity index is 307. The largest absolute Gasteiger partial charge is 0.490 e. The van der Waals surface area contributed by atoms with Crippen LogP contribution in [0.4, 0.5) is 0 Å². The molecule has 0 heterocycles.